The van der Waals surface area contributed by atoms with Crippen LogP contribution in [0.4, 0.5) is 0 Å². The van der Waals surface area contributed by atoms with Crippen LogP contribution in [-0.4, -0.2) is 5.97 Å². The molecule has 0 aliphatic rings. The summed E-state index contributed by atoms with van der Waals surface area (Å²) in [6, 6.07) is 0. The van der Waals surface area contributed by atoms with Gasteiger partial charge >= 0.3 is 5.97 Å². The van der Waals surface area contributed by atoms with Crippen molar-refractivity contribution in [3.63, 3.8) is 0 Å². The Morgan fingerprint density at radius 3 is 2.20 bits per heavy atom. The van der Waals surface area contributed by atoms with Gasteiger partial charge in [0.1, 0.15) is 5.76 Å². The van der Waals surface area contributed by atoms with Gasteiger partial charge in [-0.25, -0.2) is 0 Å². The summed E-state index contributed by atoms with van der Waals surface area (Å²) in [5.74, 6) is 0.858. The Morgan fingerprint density at radius 1 is 1.40 bits per heavy atom. The molecule has 0 bridgehead atoms. The maximum Gasteiger partial charge on any atom is 0.307 e. The summed E-state index contributed by atoms with van der Waals surface area (Å²) < 4.78 is 4.78. The molecule has 2 heteroatoms. The third-order valence-corrected chi connectivity index (χ3v) is 0.873. The molecule has 0 aromatic rings. The van der Waals surface area contributed by atoms with E-state index in [1.54, 1.807) is 6.92 Å². The molecule has 0 spiro atoms. The lowest BCUT2D eigenvalue weighted by Gasteiger charge is -2.01. The summed E-state index contributed by atoms with van der Waals surface area (Å²) in [5.41, 5.74) is 0. The first-order valence-electron chi connectivity index (χ1n) is 3.39. The summed E-state index contributed by atoms with van der Waals surface area (Å²) in [5, 5.41) is 0. The van der Waals surface area contributed by atoms with Crippen molar-refractivity contribution < 1.29 is 9.53 Å². The molecule has 0 radical (unpaired) electrons. The summed E-state index contributed by atoms with van der Waals surface area (Å²) in [6.07, 6.45) is 1.90. The molecular formula is C8H14O2. The van der Waals surface area contributed by atoms with E-state index in [0.717, 1.165) is 0 Å². The third kappa shape index (κ3) is 5.35. The predicted molar refractivity (Wildman–Crippen MR) is 40.4 cm³/mol. The molecule has 0 aliphatic heterocycles. The number of ether oxygens (including phenoxy) is 1. The fraction of sp³-hybridized carbons (Fsp3) is 0.625. The second-order valence-electron chi connectivity index (χ2n) is 2.61. The van der Waals surface area contributed by atoms with Crippen LogP contribution in [0.25, 0.3) is 0 Å². The number of hydrogen-bond acceptors (Lipinski definition) is 2. The molecule has 0 aliphatic carbocycles. The first-order chi connectivity index (χ1) is 4.52. The third-order valence-electron chi connectivity index (χ3n) is 0.873. The Kier molecular flexibility index (Phi) is 3.77. The molecule has 0 rings (SSSR count). The smallest absolute Gasteiger partial charge is 0.307 e. The maximum absolute atomic E-state index is 10.4. The summed E-state index contributed by atoms with van der Waals surface area (Å²) >= 11 is 0. The molecule has 0 heterocycles. The van der Waals surface area contributed by atoms with Crippen molar-refractivity contribution in [3.8, 4) is 0 Å². The zero-order chi connectivity index (χ0) is 8.15. The van der Waals surface area contributed by atoms with Gasteiger partial charge in [0.2, 0.25) is 0 Å². The molecule has 0 atom stereocenters. The average molecular weight is 142 g/mol. The Balaban J connectivity index is 3.82. The van der Waals surface area contributed by atoms with Gasteiger partial charge in [-0.1, -0.05) is 13.8 Å². The van der Waals surface area contributed by atoms with Crippen LogP contribution in [0.15, 0.2) is 11.8 Å². The van der Waals surface area contributed by atoms with Gasteiger partial charge in [0.25, 0.3) is 0 Å². The van der Waals surface area contributed by atoms with E-state index >= 15 is 0 Å². The summed E-state index contributed by atoms with van der Waals surface area (Å²) in [4.78, 5) is 10.4. The molecule has 58 valence electrons. The van der Waals surface area contributed by atoms with Crippen LogP contribution in [0.5, 0.6) is 0 Å². The lowest BCUT2D eigenvalue weighted by atomic mass is 10.2. The van der Waals surface area contributed by atoms with Crippen LogP contribution in [0.2, 0.25) is 0 Å². The first kappa shape index (κ1) is 9.21. The zero-order valence-electron chi connectivity index (χ0n) is 6.97. The largest absolute Gasteiger partial charge is 0.432 e. The van der Waals surface area contributed by atoms with Gasteiger partial charge in [-0.3, -0.25) is 4.79 Å². The van der Waals surface area contributed by atoms with Gasteiger partial charge in [-0.05, 0) is 18.9 Å². The molecule has 0 aromatic heterocycles. The molecule has 0 amide bonds. The lowest BCUT2D eigenvalue weighted by Crippen LogP contribution is -1.96. The minimum absolute atomic E-state index is 0.255. The fourth-order valence-electron chi connectivity index (χ4n) is 0.730. The number of esters is 1. The highest BCUT2D eigenvalue weighted by molar-refractivity contribution is 5.67. The highest BCUT2D eigenvalue weighted by Crippen LogP contribution is 2.02. The minimum Gasteiger partial charge on any atom is -0.432 e. The maximum atomic E-state index is 10.4. The van der Waals surface area contributed by atoms with Crippen molar-refractivity contribution in [3.05, 3.63) is 11.8 Å². The second kappa shape index (κ2) is 4.09. The van der Waals surface area contributed by atoms with Crippen molar-refractivity contribution in [2.24, 2.45) is 5.92 Å². The quantitative estimate of drug-likeness (QED) is 0.436. The fourth-order valence-corrected chi connectivity index (χ4v) is 0.730. The van der Waals surface area contributed by atoms with Crippen molar-refractivity contribution in [2.45, 2.75) is 27.7 Å². The van der Waals surface area contributed by atoms with Crippen molar-refractivity contribution in [1.29, 1.82) is 0 Å². The molecule has 0 aromatic carbocycles. The van der Waals surface area contributed by atoms with Crippen molar-refractivity contribution in [1.82, 2.24) is 0 Å². The summed E-state index contributed by atoms with van der Waals surface area (Å²) in [7, 11) is 0. The van der Waals surface area contributed by atoms with E-state index < -0.39 is 0 Å². The summed E-state index contributed by atoms with van der Waals surface area (Å²) in [6.45, 7) is 7.25. The van der Waals surface area contributed by atoms with Gasteiger partial charge in [-0.15, -0.1) is 0 Å². The van der Waals surface area contributed by atoms with Gasteiger partial charge < -0.3 is 4.74 Å². The van der Waals surface area contributed by atoms with E-state index in [1.807, 2.05) is 19.9 Å². The molecule has 0 fully saturated rings. The standard InChI is InChI=1S/C8H14O2/c1-6(2)5-7(3)10-8(4)9/h5-6H,1-4H3/b7-5-. The number of rotatable bonds is 2. The van der Waals surface area contributed by atoms with Gasteiger partial charge in [0.05, 0.1) is 0 Å². The van der Waals surface area contributed by atoms with E-state index in [0.29, 0.717) is 11.7 Å². The Hall–Kier alpha value is -0.790. The monoisotopic (exact) mass is 142 g/mol. The average Bonchev–Trinajstić information content (AvgIpc) is 1.58. The SMILES string of the molecule is CC(=O)O/C(C)=C\C(C)C. The Bertz CT molecular complexity index is 145. The van der Waals surface area contributed by atoms with E-state index in [-0.39, 0.29) is 5.97 Å². The van der Waals surface area contributed by atoms with Crippen LogP contribution >= 0.6 is 0 Å². The normalized spacial score (nSPS) is 11.9. The molecular weight excluding hydrogens is 128 g/mol. The van der Waals surface area contributed by atoms with E-state index in [1.165, 1.54) is 6.92 Å². The van der Waals surface area contributed by atoms with E-state index in [9.17, 15) is 4.79 Å². The van der Waals surface area contributed by atoms with Crippen molar-refractivity contribution >= 4 is 5.97 Å². The van der Waals surface area contributed by atoms with Gasteiger partial charge in [0, 0.05) is 6.92 Å². The number of carbonyl (C=O) groups excluding carboxylic acids is 1. The number of carbonyl (C=O) groups is 1. The lowest BCUT2D eigenvalue weighted by molar-refractivity contribution is -0.136. The topological polar surface area (TPSA) is 26.3 Å². The first-order valence-corrected chi connectivity index (χ1v) is 3.39. The highest BCUT2D eigenvalue weighted by Gasteiger charge is 1.95. The molecule has 2 nitrogen and oxygen atoms in total. The molecule has 0 saturated heterocycles. The highest BCUT2D eigenvalue weighted by atomic mass is 16.5. The van der Waals surface area contributed by atoms with Crippen LogP contribution in [-0.2, 0) is 9.53 Å². The second-order valence-corrected chi connectivity index (χ2v) is 2.61. The zero-order valence-corrected chi connectivity index (χ0v) is 6.97. The minimum atomic E-state index is -0.255. The van der Waals surface area contributed by atoms with Crippen LogP contribution in [0.3, 0.4) is 0 Å². The van der Waals surface area contributed by atoms with Crippen LogP contribution < -0.4 is 0 Å². The van der Waals surface area contributed by atoms with Crippen LogP contribution in [0.1, 0.15) is 27.7 Å². The Labute approximate surface area is 61.9 Å². The van der Waals surface area contributed by atoms with Gasteiger partial charge in [-0.2, -0.15) is 0 Å². The number of hydrogen-bond donors (Lipinski definition) is 0. The van der Waals surface area contributed by atoms with Crippen molar-refractivity contribution in [2.75, 3.05) is 0 Å². The molecule has 0 unspecified atom stereocenters. The predicted octanol–water partition coefficient (Wildman–Crippen LogP) is 2.11. The van der Waals surface area contributed by atoms with Crippen LogP contribution in [0, 0.1) is 5.92 Å². The van der Waals surface area contributed by atoms with E-state index in [2.05, 4.69) is 0 Å². The Morgan fingerprint density at radius 2 is 1.90 bits per heavy atom. The molecule has 0 saturated carbocycles. The molecule has 0 N–H and O–H groups in total. The van der Waals surface area contributed by atoms with E-state index in [4.69, 9.17) is 4.74 Å². The van der Waals surface area contributed by atoms with Gasteiger partial charge in [0.15, 0.2) is 0 Å². The number of allylic oxidation sites excluding steroid dienone is 2. The molecule has 10 heavy (non-hydrogen) atoms.